The molecule has 1 aromatic carbocycles. The highest BCUT2D eigenvalue weighted by molar-refractivity contribution is 5.80. The molecule has 1 aromatic rings. The monoisotopic (exact) mass is 296 g/mol. The van der Waals surface area contributed by atoms with E-state index in [0.29, 0.717) is 18.7 Å². The summed E-state index contributed by atoms with van der Waals surface area (Å²) in [7, 11) is 1.33. The first-order valence-corrected chi connectivity index (χ1v) is 6.63. The molecule has 0 aliphatic rings. The number of rotatable bonds is 8. The largest absolute Gasteiger partial charge is 0.493 e. The Morgan fingerprint density at radius 1 is 1.48 bits per heavy atom. The van der Waals surface area contributed by atoms with E-state index < -0.39 is 10.5 Å². The third kappa shape index (κ3) is 4.71. The van der Waals surface area contributed by atoms with Crippen molar-refractivity contribution in [3.63, 3.8) is 0 Å². The molecule has 0 aromatic heterocycles. The van der Waals surface area contributed by atoms with Crippen LogP contribution in [0.15, 0.2) is 24.3 Å². The number of likely N-dealkylation sites (N-methyl/N-ethyl adjacent to an activating group) is 1. The van der Waals surface area contributed by atoms with Crippen LogP contribution in [0.1, 0.15) is 20.3 Å². The molecular formula is C14H20N2O5. The molecule has 1 N–H and O–H groups in total. The van der Waals surface area contributed by atoms with Crippen LogP contribution < -0.4 is 10.1 Å². The summed E-state index contributed by atoms with van der Waals surface area (Å²) in [5.41, 5.74) is -0.876. The number of carbonyl (C=O) groups excluding carboxylic acids is 1. The number of nitro benzene ring substituents is 1. The number of non-ortho nitro benzene ring substituents is 1. The van der Waals surface area contributed by atoms with Gasteiger partial charge in [0.25, 0.3) is 5.69 Å². The lowest BCUT2D eigenvalue weighted by atomic mass is 9.98. The van der Waals surface area contributed by atoms with Crippen molar-refractivity contribution in [1.82, 2.24) is 5.32 Å². The number of ether oxygens (including phenoxy) is 2. The molecule has 0 heterocycles. The molecule has 116 valence electrons. The van der Waals surface area contributed by atoms with Gasteiger partial charge in [-0.3, -0.25) is 14.9 Å². The van der Waals surface area contributed by atoms with Crippen molar-refractivity contribution in [2.24, 2.45) is 0 Å². The smallest absolute Gasteiger partial charge is 0.325 e. The highest BCUT2D eigenvalue weighted by atomic mass is 16.6. The molecule has 0 bridgehead atoms. The number of nitrogens with zero attached hydrogens (tertiary/aromatic N) is 1. The van der Waals surface area contributed by atoms with E-state index in [1.165, 1.54) is 19.2 Å². The number of benzene rings is 1. The van der Waals surface area contributed by atoms with Gasteiger partial charge in [0, 0.05) is 12.5 Å². The topological polar surface area (TPSA) is 90.7 Å². The summed E-state index contributed by atoms with van der Waals surface area (Å²) < 4.78 is 10.3. The minimum absolute atomic E-state index is 0.0325. The van der Waals surface area contributed by atoms with Crippen LogP contribution >= 0.6 is 0 Å². The van der Waals surface area contributed by atoms with Crippen molar-refractivity contribution in [1.29, 1.82) is 0 Å². The van der Waals surface area contributed by atoms with E-state index in [-0.39, 0.29) is 18.3 Å². The highest BCUT2D eigenvalue weighted by Crippen LogP contribution is 2.20. The summed E-state index contributed by atoms with van der Waals surface area (Å²) in [5.74, 6) is 0.0277. The van der Waals surface area contributed by atoms with Crippen LogP contribution in [-0.4, -0.2) is 36.7 Å². The Balaban J connectivity index is 2.64. The van der Waals surface area contributed by atoms with Crippen molar-refractivity contribution >= 4 is 11.7 Å². The zero-order valence-corrected chi connectivity index (χ0v) is 12.4. The van der Waals surface area contributed by atoms with E-state index in [4.69, 9.17) is 9.47 Å². The summed E-state index contributed by atoms with van der Waals surface area (Å²) >= 11 is 0. The van der Waals surface area contributed by atoms with Gasteiger partial charge in [-0.2, -0.15) is 0 Å². The van der Waals surface area contributed by atoms with Gasteiger partial charge in [0.05, 0.1) is 24.7 Å². The average molecular weight is 296 g/mol. The average Bonchev–Trinajstić information content (AvgIpc) is 2.47. The number of nitro groups is 1. The number of hydrogen-bond donors (Lipinski definition) is 1. The fraction of sp³-hybridized carbons (Fsp3) is 0.500. The second-order valence-corrected chi connectivity index (χ2v) is 4.71. The molecule has 0 fully saturated rings. The van der Waals surface area contributed by atoms with Crippen LogP contribution in [0.3, 0.4) is 0 Å². The molecule has 7 nitrogen and oxygen atoms in total. The van der Waals surface area contributed by atoms with Gasteiger partial charge in [0.1, 0.15) is 11.3 Å². The third-order valence-corrected chi connectivity index (χ3v) is 3.10. The van der Waals surface area contributed by atoms with Crippen LogP contribution in [0.4, 0.5) is 5.69 Å². The number of hydrogen-bond acceptors (Lipinski definition) is 6. The van der Waals surface area contributed by atoms with Gasteiger partial charge in [-0.05, 0) is 19.5 Å². The first-order chi connectivity index (χ1) is 9.92. The summed E-state index contributed by atoms with van der Waals surface area (Å²) in [5, 5.41) is 13.7. The molecule has 0 saturated carbocycles. The molecule has 1 unspecified atom stereocenters. The van der Waals surface area contributed by atoms with Gasteiger partial charge in [-0.15, -0.1) is 0 Å². The molecule has 0 spiro atoms. The summed E-state index contributed by atoms with van der Waals surface area (Å²) in [6.45, 7) is 4.48. The lowest BCUT2D eigenvalue weighted by molar-refractivity contribution is -0.384. The van der Waals surface area contributed by atoms with Gasteiger partial charge in [0.2, 0.25) is 0 Å². The maximum absolute atomic E-state index is 11.8. The van der Waals surface area contributed by atoms with Gasteiger partial charge in [-0.25, -0.2) is 0 Å². The third-order valence-electron chi connectivity index (χ3n) is 3.10. The van der Waals surface area contributed by atoms with Crippen LogP contribution in [0.5, 0.6) is 5.75 Å². The Labute approximate surface area is 123 Å². The van der Waals surface area contributed by atoms with Crippen LogP contribution in [0.2, 0.25) is 0 Å². The van der Waals surface area contributed by atoms with Gasteiger partial charge >= 0.3 is 5.97 Å². The van der Waals surface area contributed by atoms with Gasteiger partial charge in [0.15, 0.2) is 0 Å². The normalized spacial score (nSPS) is 13.3. The maximum atomic E-state index is 11.8. The second kappa shape index (κ2) is 7.58. The molecule has 1 rings (SSSR count). The SMILES string of the molecule is CCNC(C)(CCOc1cccc([N+](=O)[O-])c1)C(=O)OC. The van der Waals surface area contributed by atoms with E-state index in [1.807, 2.05) is 6.92 Å². The van der Waals surface area contributed by atoms with Crippen LogP contribution in [0, 0.1) is 10.1 Å². The fourth-order valence-electron chi connectivity index (χ4n) is 1.94. The standard InChI is InChI=1S/C14H20N2O5/c1-4-15-14(2,13(17)20-3)8-9-21-12-7-5-6-11(10-12)16(18)19/h5-7,10,15H,4,8-9H2,1-3H3. The lowest BCUT2D eigenvalue weighted by Crippen LogP contribution is -2.51. The maximum Gasteiger partial charge on any atom is 0.325 e. The van der Waals surface area contributed by atoms with E-state index in [0.717, 1.165) is 0 Å². The molecular weight excluding hydrogens is 276 g/mol. The molecule has 1 atom stereocenters. The zero-order chi connectivity index (χ0) is 15.9. The summed E-state index contributed by atoms with van der Waals surface area (Å²) in [4.78, 5) is 22.0. The van der Waals surface area contributed by atoms with E-state index in [2.05, 4.69) is 5.32 Å². The van der Waals surface area contributed by atoms with Crippen LogP contribution in [0.25, 0.3) is 0 Å². The van der Waals surface area contributed by atoms with Crippen molar-refractivity contribution in [2.45, 2.75) is 25.8 Å². The van der Waals surface area contributed by atoms with Gasteiger partial charge < -0.3 is 14.8 Å². The number of esters is 1. The molecule has 21 heavy (non-hydrogen) atoms. The molecule has 0 saturated heterocycles. The van der Waals surface area contributed by atoms with Crippen molar-refractivity contribution in [3.05, 3.63) is 34.4 Å². The molecule has 7 heteroatoms. The van der Waals surface area contributed by atoms with Crippen molar-refractivity contribution in [2.75, 3.05) is 20.3 Å². The van der Waals surface area contributed by atoms with Gasteiger partial charge in [-0.1, -0.05) is 13.0 Å². The summed E-state index contributed by atoms with van der Waals surface area (Å²) in [6, 6.07) is 5.93. The van der Waals surface area contributed by atoms with Crippen LogP contribution in [-0.2, 0) is 9.53 Å². The number of carbonyl (C=O) groups is 1. The van der Waals surface area contributed by atoms with E-state index in [9.17, 15) is 14.9 Å². The minimum atomic E-state index is -0.843. The zero-order valence-electron chi connectivity index (χ0n) is 12.4. The molecule has 0 aliphatic carbocycles. The quantitative estimate of drug-likeness (QED) is 0.447. The molecule has 0 amide bonds. The number of nitrogens with one attached hydrogen (secondary N) is 1. The summed E-state index contributed by atoms with van der Waals surface area (Å²) in [6.07, 6.45) is 0.385. The Bertz CT molecular complexity index is 506. The first kappa shape index (κ1) is 16.9. The Morgan fingerprint density at radius 2 is 2.19 bits per heavy atom. The van der Waals surface area contributed by atoms with Crippen molar-refractivity contribution in [3.8, 4) is 5.75 Å². The molecule has 0 radical (unpaired) electrons. The highest BCUT2D eigenvalue weighted by Gasteiger charge is 2.33. The Kier molecular flexibility index (Phi) is 6.10. The molecule has 0 aliphatic heterocycles. The van der Waals surface area contributed by atoms with Crippen molar-refractivity contribution < 1.29 is 19.2 Å². The predicted molar refractivity (Wildman–Crippen MR) is 77.3 cm³/mol. The number of methoxy groups -OCH3 is 1. The fourth-order valence-corrected chi connectivity index (χ4v) is 1.94. The minimum Gasteiger partial charge on any atom is -0.493 e. The lowest BCUT2D eigenvalue weighted by Gasteiger charge is -2.27. The van der Waals surface area contributed by atoms with E-state index in [1.54, 1.807) is 19.1 Å². The predicted octanol–water partition coefficient (Wildman–Crippen LogP) is 1.90. The van der Waals surface area contributed by atoms with E-state index >= 15 is 0 Å². The Hall–Kier alpha value is -2.15. The second-order valence-electron chi connectivity index (χ2n) is 4.71. The first-order valence-electron chi connectivity index (χ1n) is 6.63. The Morgan fingerprint density at radius 3 is 2.76 bits per heavy atom.